The summed E-state index contributed by atoms with van der Waals surface area (Å²) in [5.74, 6) is 0. The molecule has 3 atom stereocenters. The minimum atomic E-state index is -0.514. The second-order valence-corrected chi connectivity index (χ2v) is 6.51. The number of piperidine rings is 1. The van der Waals surface area contributed by atoms with Crippen molar-refractivity contribution in [3.63, 3.8) is 0 Å². The van der Waals surface area contributed by atoms with Crippen molar-refractivity contribution >= 4 is 12.2 Å². The van der Waals surface area contributed by atoms with Gasteiger partial charge in [0.1, 0.15) is 11.7 Å². The van der Waals surface area contributed by atoms with Gasteiger partial charge in [-0.3, -0.25) is 0 Å². The Kier molecular flexibility index (Phi) is 4.11. The predicted molar refractivity (Wildman–Crippen MR) is 73.4 cm³/mol. The molecule has 6 heteroatoms. The van der Waals surface area contributed by atoms with Crippen LogP contribution in [0.15, 0.2) is 0 Å². The quantitative estimate of drug-likeness (QED) is 0.844. The molecule has 0 aromatic heterocycles. The number of nitrogens with zero attached hydrogens (tertiary/aromatic N) is 1. The lowest BCUT2D eigenvalue weighted by Gasteiger charge is -2.40. The zero-order chi connectivity index (χ0) is 14.9. The summed E-state index contributed by atoms with van der Waals surface area (Å²) in [5, 5.41) is 2.76. The fraction of sp³-hybridized carbons (Fsp3) is 0.857. The Hall–Kier alpha value is -1.46. The fourth-order valence-electron chi connectivity index (χ4n) is 2.78. The van der Waals surface area contributed by atoms with Crippen molar-refractivity contribution in [3.05, 3.63) is 0 Å². The third-order valence-corrected chi connectivity index (χ3v) is 3.60. The number of alkyl carbamates (subject to hydrolysis) is 1. The second-order valence-electron chi connectivity index (χ2n) is 6.51. The molecule has 2 rings (SSSR count). The van der Waals surface area contributed by atoms with E-state index in [0.29, 0.717) is 13.0 Å². The van der Waals surface area contributed by atoms with Gasteiger partial charge in [0.05, 0.1) is 6.04 Å². The molecule has 0 bridgehead atoms. The zero-order valence-electron chi connectivity index (χ0n) is 12.6. The van der Waals surface area contributed by atoms with Crippen molar-refractivity contribution in [2.45, 2.75) is 70.7 Å². The Bertz CT molecular complexity index is 391. The monoisotopic (exact) mass is 284 g/mol. The van der Waals surface area contributed by atoms with Gasteiger partial charge in [-0.2, -0.15) is 0 Å². The highest BCUT2D eigenvalue weighted by molar-refractivity contribution is 5.72. The maximum atomic E-state index is 12.3. The number of ether oxygens (including phenoxy) is 2. The molecule has 114 valence electrons. The van der Waals surface area contributed by atoms with Crippen molar-refractivity contribution in [2.24, 2.45) is 0 Å². The number of carbonyl (C=O) groups excluding carboxylic acids is 2. The number of carbonyl (C=O) groups is 2. The topological polar surface area (TPSA) is 67.9 Å². The standard InChI is InChI=1S/C14H24N2O4/c1-5-6-9-7-11-10(15-12(17)19-11)8-16(9)13(18)20-14(2,3)4/h9-11H,5-8H2,1-4H3,(H,15,17)/t9-,10+,11-/m1/s1. The molecule has 2 saturated heterocycles. The van der Waals surface area contributed by atoms with Crippen LogP contribution in [0.1, 0.15) is 47.0 Å². The highest BCUT2D eigenvalue weighted by atomic mass is 16.6. The minimum Gasteiger partial charge on any atom is -0.444 e. The summed E-state index contributed by atoms with van der Waals surface area (Å²) < 4.78 is 10.7. The number of nitrogens with one attached hydrogen (secondary N) is 1. The van der Waals surface area contributed by atoms with E-state index in [1.165, 1.54) is 0 Å². The summed E-state index contributed by atoms with van der Waals surface area (Å²) in [6.45, 7) is 8.10. The van der Waals surface area contributed by atoms with Crippen LogP contribution in [0, 0.1) is 0 Å². The van der Waals surface area contributed by atoms with Crippen molar-refractivity contribution in [1.82, 2.24) is 10.2 Å². The lowest BCUT2D eigenvalue weighted by Crippen LogP contribution is -2.56. The Morgan fingerprint density at radius 3 is 2.80 bits per heavy atom. The van der Waals surface area contributed by atoms with Crippen LogP contribution in [0.4, 0.5) is 9.59 Å². The van der Waals surface area contributed by atoms with E-state index in [2.05, 4.69) is 12.2 Å². The molecule has 0 aromatic rings. The lowest BCUT2D eigenvalue weighted by atomic mass is 9.93. The maximum Gasteiger partial charge on any atom is 0.410 e. The molecule has 6 nitrogen and oxygen atoms in total. The molecule has 0 saturated carbocycles. The van der Waals surface area contributed by atoms with E-state index in [-0.39, 0.29) is 30.4 Å². The number of amides is 2. The van der Waals surface area contributed by atoms with E-state index in [9.17, 15) is 9.59 Å². The van der Waals surface area contributed by atoms with Crippen LogP contribution in [-0.4, -0.2) is 47.4 Å². The van der Waals surface area contributed by atoms with E-state index in [1.54, 1.807) is 4.90 Å². The molecular formula is C14H24N2O4. The fourth-order valence-corrected chi connectivity index (χ4v) is 2.78. The molecule has 0 aliphatic carbocycles. The first-order valence-corrected chi connectivity index (χ1v) is 7.27. The SMILES string of the molecule is CCC[C@@H]1C[C@H]2OC(=O)N[C@H]2CN1C(=O)OC(C)(C)C. The molecular weight excluding hydrogens is 260 g/mol. The smallest absolute Gasteiger partial charge is 0.410 e. The van der Waals surface area contributed by atoms with Gasteiger partial charge in [-0.1, -0.05) is 13.3 Å². The van der Waals surface area contributed by atoms with E-state index in [4.69, 9.17) is 9.47 Å². The molecule has 2 amide bonds. The average Bonchev–Trinajstić information content (AvgIpc) is 2.65. The molecule has 2 fully saturated rings. The largest absolute Gasteiger partial charge is 0.444 e. The van der Waals surface area contributed by atoms with Crippen LogP contribution in [0.25, 0.3) is 0 Å². The minimum absolute atomic E-state index is 0.0730. The summed E-state index contributed by atoms with van der Waals surface area (Å²) in [4.78, 5) is 25.4. The van der Waals surface area contributed by atoms with Crippen LogP contribution in [-0.2, 0) is 9.47 Å². The van der Waals surface area contributed by atoms with Crippen molar-refractivity contribution in [3.8, 4) is 0 Å². The van der Waals surface area contributed by atoms with Crippen molar-refractivity contribution < 1.29 is 19.1 Å². The first-order valence-electron chi connectivity index (χ1n) is 7.27. The summed E-state index contributed by atoms with van der Waals surface area (Å²) in [5.41, 5.74) is -0.514. The average molecular weight is 284 g/mol. The first-order chi connectivity index (χ1) is 9.30. The summed E-state index contributed by atoms with van der Waals surface area (Å²) in [6.07, 6.45) is 1.72. The molecule has 0 radical (unpaired) electrons. The van der Waals surface area contributed by atoms with Crippen LogP contribution in [0.2, 0.25) is 0 Å². The van der Waals surface area contributed by atoms with E-state index < -0.39 is 5.60 Å². The number of rotatable bonds is 2. The van der Waals surface area contributed by atoms with Crippen LogP contribution in [0.3, 0.4) is 0 Å². The molecule has 0 spiro atoms. The number of likely N-dealkylation sites (tertiary alicyclic amines) is 1. The zero-order valence-corrected chi connectivity index (χ0v) is 12.6. The molecule has 20 heavy (non-hydrogen) atoms. The van der Waals surface area contributed by atoms with E-state index >= 15 is 0 Å². The molecule has 2 aliphatic heterocycles. The molecule has 2 aliphatic rings. The van der Waals surface area contributed by atoms with Crippen LogP contribution >= 0.6 is 0 Å². The van der Waals surface area contributed by atoms with Gasteiger partial charge < -0.3 is 19.7 Å². The predicted octanol–water partition coefficient (Wildman–Crippen LogP) is 2.27. The Morgan fingerprint density at radius 2 is 2.20 bits per heavy atom. The van der Waals surface area contributed by atoms with Gasteiger partial charge in [-0.15, -0.1) is 0 Å². The Balaban J connectivity index is 2.08. The van der Waals surface area contributed by atoms with Gasteiger partial charge in [-0.05, 0) is 27.2 Å². The Labute approximate surface area is 119 Å². The molecule has 0 aromatic carbocycles. The number of hydrogen-bond donors (Lipinski definition) is 1. The van der Waals surface area contributed by atoms with Gasteiger partial charge in [0.25, 0.3) is 0 Å². The highest BCUT2D eigenvalue weighted by Crippen LogP contribution is 2.28. The van der Waals surface area contributed by atoms with Gasteiger partial charge in [0.15, 0.2) is 0 Å². The first kappa shape index (κ1) is 14.9. The normalized spacial score (nSPS) is 29.5. The maximum absolute atomic E-state index is 12.3. The van der Waals surface area contributed by atoms with Gasteiger partial charge >= 0.3 is 12.2 Å². The summed E-state index contributed by atoms with van der Waals surface area (Å²) >= 11 is 0. The third kappa shape index (κ3) is 3.35. The van der Waals surface area contributed by atoms with Crippen molar-refractivity contribution in [2.75, 3.05) is 6.54 Å². The van der Waals surface area contributed by atoms with Gasteiger partial charge in [-0.25, -0.2) is 9.59 Å². The van der Waals surface area contributed by atoms with Gasteiger partial charge in [0, 0.05) is 19.0 Å². The highest BCUT2D eigenvalue weighted by Gasteiger charge is 2.44. The van der Waals surface area contributed by atoms with Gasteiger partial charge in [0.2, 0.25) is 0 Å². The molecule has 1 N–H and O–H groups in total. The lowest BCUT2D eigenvalue weighted by molar-refractivity contribution is -0.00838. The van der Waals surface area contributed by atoms with E-state index in [1.807, 2.05) is 20.8 Å². The molecule has 0 unspecified atom stereocenters. The van der Waals surface area contributed by atoms with E-state index in [0.717, 1.165) is 12.8 Å². The van der Waals surface area contributed by atoms with Crippen molar-refractivity contribution in [1.29, 1.82) is 0 Å². The molecule has 2 heterocycles. The van der Waals surface area contributed by atoms with Crippen LogP contribution < -0.4 is 5.32 Å². The Morgan fingerprint density at radius 1 is 1.50 bits per heavy atom. The summed E-state index contributed by atoms with van der Waals surface area (Å²) in [6, 6.07) is -0.0491. The third-order valence-electron chi connectivity index (χ3n) is 3.60. The number of fused-ring (bicyclic) bond motifs is 1. The number of hydrogen-bond acceptors (Lipinski definition) is 4. The second kappa shape index (κ2) is 5.50. The van der Waals surface area contributed by atoms with Crippen LogP contribution in [0.5, 0.6) is 0 Å². The summed E-state index contributed by atoms with van der Waals surface area (Å²) in [7, 11) is 0.